The van der Waals surface area contributed by atoms with Crippen molar-refractivity contribution in [1.82, 2.24) is 25.2 Å². The number of carbonyl (C=O) groups excluding carboxylic acids is 2. The highest BCUT2D eigenvalue weighted by atomic mass is 16.5. The van der Waals surface area contributed by atoms with Gasteiger partial charge in [-0.05, 0) is 38.3 Å². The van der Waals surface area contributed by atoms with Crippen LogP contribution < -0.4 is 20.1 Å². The number of anilines is 1. The van der Waals surface area contributed by atoms with E-state index in [9.17, 15) is 9.59 Å². The summed E-state index contributed by atoms with van der Waals surface area (Å²) in [5.41, 5.74) is 2.75. The molecule has 3 heterocycles. The number of amides is 2. The van der Waals surface area contributed by atoms with Crippen molar-refractivity contribution in [2.45, 2.75) is 89.5 Å². The third kappa shape index (κ3) is 6.62. The number of carbonyl (C=O) groups is 2. The van der Waals surface area contributed by atoms with Crippen molar-refractivity contribution < 1.29 is 23.8 Å². The first-order chi connectivity index (χ1) is 20.8. The summed E-state index contributed by atoms with van der Waals surface area (Å²) in [5.74, 6) is 1.51. The van der Waals surface area contributed by atoms with Gasteiger partial charge in [0.25, 0.3) is 5.91 Å². The molecule has 1 aromatic heterocycles. The number of methoxy groups -OCH3 is 2. The quantitative estimate of drug-likeness (QED) is 0.366. The molecule has 0 spiro atoms. The Morgan fingerprint density at radius 2 is 1.91 bits per heavy atom. The maximum Gasteiger partial charge on any atom is 0.407 e. The number of fused-ring (bicyclic) bond motifs is 1. The van der Waals surface area contributed by atoms with E-state index >= 15 is 0 Å². The minimum atomic E-state index is -0.392. The van der Waals surface area contributed by atoms with E-state index in [-0.39, 0.29) is 30.0 Å². The third-order valence-corrected chi connectivity index (χ3v) is 8.66. The lowest BCUT2D eigenvalue weighted by Crippen LogP contribution is -2.49. The van der Waals surface area contributed by atoms with Gasteiger partial charge in [0.05, 0.1) is 68.9 Å². The summed E-state index contributed by atoms with van der Waals surface area (Å²) >= 11 is 0. The van der Waals surface area contributed by atoms with Gasteiger partial charge >= 0.3 is 6.09 Å². The molecule has 2 amide bonds. The van der Waals surface area contributed by atoms with Crippen molar-refractivity contribution >= 4 is 24.2 Å². The number of likely N-dealkylation sites (N-methyl/N-ethyl adjacent to an activating group) is 1. The average Bonchev–Trinajstić information content (AvgIpc) is 3.51. The summed E-state index contributed by atoms with van der Waals surface area (Å²) < 4.78 is 16.3. The molecule has 3 aliphatic rings. The van der Waals surface area contributed by atoms with Crippen LogP contribution in [-0.4, -0.2) is 84.1 Å². The molecule has 5 rings (SSSR count). The standard InChI is InChI=1S/C31H43N7O5/c1-6-7-14-43-31(40)35-24-11-9-8-10-23(24)33-30-34-25-18-38(17-20-12-13-21(41-4)15-26(20)42-5)29(39)27(25)28(36-30)22-16-32-37(3)19(22)2/h12-13,15-16,19,22-24H,6-11,14,17-18H2,1-5H3,(H,35,40)(H,33,34,36)/t19?,22?,23-,24+/m1/s1. The van der Waals surface area contributed by atoms with Crippen LogP contribution in [0.3, 0.4) is 0 Å². The topological polar surface area (TPSA) is 131 Å². The van der Waals surface area contributed by atoms with E-state index in [0.29, 0.717) is 54.1 Å². The molecule has 12 heteroatoms. The summed E-state index contributed by atoms with van der Waals surface area (Å²) in [5, 5.41) is 12.9. The van der Waals surface area contributed by atoms with Crippen molar-refractivity contribution in [1.29, 1.82) is 0 Å². The monoisotopic (exact) mass is 593 g/mol. The number of rotatable bonds is 11. The van der Waals surface area contributed by atoms with Gasteiger partial charge in [-0.2, -0.15) is 5.10 Å². The normalized spacial score (nSPS) is 22.9. The molecule has 43 heavy (non-hydrogen) atoms. The molecule has 12 nitrogen and oxygen atoms in total. The van der Waals surface area contributed by atoms with Gasteiger partial charge in [0.15, 0.2) is 0 Å². The second kappa shape index (κ2) is 13.5. The smallest absolute Gasteiger partial charge is 0.407 e. The molecule has 2 aromatic rings. The van der Waals surface area contributed by atoms with Gasteiger partial charge in [0, 0.05) is 30.9 Å². The molecular weight excluding hydrogens is 550 g/mol. The Morgan fingerprint density at radius 3 is 2.60 bits per heavy atom. The van der Waals surface area contributed by atoms with Crippen molar-refractivity contribution in [3.8, 4) is 11.5 Å². The van der Waals surface area contributed by atoms with E-state index in [1.54, 1.807) is 19.1 Å². The predicted octanol–water partition coefficient (Wildman–Crippen LogP) is 4.30. The van der Waals surface area contributed by atoms with Crippen molar-refractivity contribution in [2.75, 3.05) is 33.2 Å². The fraction of sp³-hybridized carbons (Fsp3) is 0.581. The number of hydrazone groups is 1. The predicted molar refractivity (Wildman–Crippen MR) is 163 cm³/mol. The number of nitrogens with zero attached hydrogens (tertiary/aromatic N) is 5. The van der Waals surface area contributed by atoms with Gasteiger partial charge in [-0.15, -0.1) is 0 Å². The lowest BCUT2D eigenvalue weighted by molar-refractivity contribution is 0.0763. The summed E-state index contributed by atoms with van der Waals surface area (Å²) in [6, 6.07) is 5.44. The number of alkyl carbamates (subject to hydrolysis) is 1. The van der Waals surface area contributed by atoms with Crippen molar-refractivity contribution in [2.24, 2.45) is 5.10 Å². The number of aromatic nitrogens is 2. The molecule has 2 aliphatic heterocycles. The van der Waals surface area contributed by atoms with Gasteiger partial charge in [-0.25, -0.2) is 14.8 Å². The molecule has 4 atom stereocenters. The molecule has 0 saturated heterocycles. The highest BCUT2D eigenvalue weighted by Crippen LogP contribution is 2.36. The Balaban J connectivity index is 1.41. The molecule has 0 bridgehead atoms. The zero-order valence-electron chi connectivity index (χ0n) is 25.8. The van der Waals surface area contributed by atoms with E-state index < -0.39 is 6.09 Å². The van der Waals surface area contributed by atoms with Crippen LogP contribution in [0, 0.1) is 0 Å². The van der Waals surface area contributed by atoms with Gasteiger partial charge in [0.1, 0.15) is 11.5 Å². The number of ether oxygens (including phenoxy) is 3. The molecule has 1 aliphatic carbocycles. The van der Waals surface area contributed by atoms with Crippen LogP contribution >= 0.6 is 0 Å². The fourth-order valence-corrected chi connectivity index (χ4v) is 5.99. The van der Waals surface area contributed by atoms with Crippen LogP contribution in [0.4, 0.5) is 10.7 Å². The largest absolute Gasteiger partial charge is 0.497 e. The maximum absolute atomic E-state index is 13.9. The second-order valence-electron chi connectivity index (χ2n) is 11.5. The molecule has 0 radical (unpaired) electrons. The van der Waals surface area contributed by atoms with Gasteiger partial charge in [0.2, 0.25) is 5.95 Å². The molecule has 1 fully saturated rings. The highest BCUT2D eigenvalue weighted by molar-refractivity contribution is 6.00. The van der Waals surface area contributed by atoms with Crippen LogP contribution in [0.25, 0.3) is 0 Å². The number of hydrogen-bond acceptors (Lipinski definition) is 10. The fourth-order valence-electron chi connectivity index (χ4n) is 5.99. The molecule has 2 N–H and O–H groups in total. The number of unbranched alkanes of at least 4 members (excludes halogenated alkanes) is 1. The highest BCUT2D eigenvalue weighted by Gasteiger charge is 2.39. The third-order valence-electron chi connectivity index (χ3n) is 8.66. The zero-order valence-corrected chi connectivity index (χ0v) is 25.8. The summed E-state index contributed by atoms with van der Waals surface area (Å²) in [7, 11) is 5.14. The maximum atomic E-state index is 13.9. The zero-order chi connectivity index (χ0) is 30.5. The molecule has 2 unspecified atom stereocenters. The second-order valence-corrected chi connectivity index (χ2v) is 11.5. The first kappa shape index (κ1) is 30.4. The SMILES string of the molecule is CCCCOC(=O)N[C@H]1CCCC[C@H]1Nc1nc2c(c(C3C=NN(C)C3C)n1)C(=O)N(Cc1ccc(OC)cc1OC)C2. The Hall–Kier alpha value is -4.09. The summed E-state index contributed by atoms with van der Waals surface area (Å²) in [6.07, 6.45) is 7.03. The lowest BCUT2D eigenvalue weighted by Gasteiger charge is -2.32. The van der Waals surface area contributed by atoms with E-state index in [4.69, 9.17) is 24.2 Å². The minimum Gasteiger partial charge on any atom is -0.497 e. The Kier molecular flexibility index (Phi) is 9.52. The molecule has 232 valence electrons. The van der Waals surface area contributed by atoms with Gasteiger partial charge < -0.3 is 29.7 Å². The number of nitrogens with one attached hydrogen (secondary N) is 2. The molecular formula is C31H43N7O5. The number of benzene rings is 1. The molecule has 1 saturated carbocycles. The van der Waals surface area contributed by atoms with Crippen LogP contribution in [0.5, 0.6) is 11.5 Å². The van der Waals surface area contributed by atoms with E-state index in [1.165, 1.54) is 0 Å². The van der Waals surface area contributed by atoms with Crippen LogP contribution in [0.2, 0.25) is 0 Å². The molecule has 1 aromatic carbocycles. The Morgan fingerprint density at radius 1 is 1.12 bits per heavy atom. The van der Waals surface area contributed by atoms with Gasteiger partial charge in [-0.3, -0.25) is 9.80 Å². The Bertz CT molecular complexity index is 1350. The van der Waals surface area contributed by atoms with Gasteiger partial charge in [-0.1, -0.05) is 26.2 Å². The lowest BCUT2D eigenvalue weighted by atomic mass is 9.90. The first-order valence-corrected chi connectivity index (χ1v) is 15.2. The summed E-state index contributed by atoms with van der Waals surface area (Å²) in [4.78, 5) is 38.0. The van der Waals surface area contributed by atoms with Crippen LogP contribution in [0.15, 0.2) is 23.3 Å². The van der Waals surface area contributed by atoms with Crippen molar-refractivity contribution in [3.05, 3.63) is 40.7 Å². The van der Waals surface area contributed by atoms with Crippen LogP contribution in [0.1, 0.15) is 85.6 Å². The summed E-state index contributed by atoms with van der Waals surface area (Å²) in [6.45, 7) is 5.24. The van der Waals surface area contributed by atoms with Crippen LogP contribution in [-0.2, 0) is 17.8 Å². The van der Waals surface area contributed by atoms with Crippen molar-refractivity contribution in [3.63, 3.8) is 0 Å². The van der Waals surface area contributed by atoms with E-state index in [0.717, 1.165) is 44.1 Å². The van der Waals surface area contributed by atoms with E-state index in [2.05, 4.69) is 29.6 Å². The minimum absolute atomic E-state index is 0.0253. The van der Waals surface area contributed by atoms with E-state index in [1.807, 2.05) is 36.5 Å². The number of hydrogen-bond donors (Lipinski definition) is 2. The Labute approximate surface area is 253 Å². The first-order valence-electron chi connectivity index (χ1n) is 15.2. The average molecular weight is 594 g/mol.